The predicted octanol–water partition coefficient (Wildman–Crippen LogP) is 2.86. The topological polar surface area (TPSA) is 77.5 Å². The molecule has 0 fully saturated rings. The highest BCUT2D eigenvalue weighted by Crippen LogP contribution is 2.23. The Balaban J connectivity index is 2.61. The molecule has 0 aliphatic heterocycles. The minimum atomic E-state index is -0.422. The molecular formula is C13H15N3O3S. The van der Waals surface area contributed by atoms with Crippen LogP contribution in [0, 0.1) is 10.1 Å². The van der Waals surface area contributed by atoms with Crippen molar-refractivity contribution in [1.82, 2.24) is 4.57 Å². The van der Waals surface area contributed by atoms with Crippen molar-refractivity contribution < 1.29 is 9.72 Å². The normalized spacial score (nSPS) is 12.0. The van der Waals surface area contributed by atoms with Crippen LogP contribution < -0.4 is 4.80 Å². The third-order valence-electron chi connectivity index (χ3n) is 2.88. The Bertz CT molecular complexity index is 730. The first-order chi connectivity index (χ1) is 9.56. The first kappa shape index (κ1) is 14.4. The van der Waals surface area contributed by atoms with Crippen LogP contribution in [0.4, 0.5) is 5.69 Å². The number of nitro groups is 1. The van der Waals surface area contributed by atoms with Gasteiger partial charge < -0.3 is 4.57 Å². The van der Waals surface area contributed by atoms with Crippen molar-refractivity contribution in [2.45, 2.75) is 33.2 Å². The maximum Gasteiger partial charge on any atom is 0.270 e. The molecule has 0 aliphatic carbocycles. The van der Waals surface area contributed by atoms with Gasteiger partial charge in [-0.05, 0) is 19.4 Å². The van der Waals surface area contributed by atoms with Crippen LogP contribution in [0.2, 0.25) is 0 Å². The zero-order valence-corrected chi connectivity index (χ0v) is 12.1. The lowest BCUT2D eigenvalue weighted by atomic mass is 10.3. The van der Waals surface area contributed by atoms with Crippen LogP contribution in [0.15, 0.2) is 23.2 Å². The van der Waals surface area contributed by atoms with Crippen molar-refractivity contribution in [2.24, 2.45) is 4.99 Å². The van der Waals surface area contributed by atoms with Gasteiger partial charge in [0.2, 0.25) is 5.91 Å². The Hall–Kier alpha value is -2.02. The van der Waals surface area contributed by atoms with Crippen molar-refractivity contribution in [2.75, 3.05) is 0 Å². The molecule has 0 unspecified atom stereocenters. The lowest BCUT2D eigenvalue weighted by molar-refractivity contribution is -0.384. The van der Waals surface area contributed by atoms with Crippen LogP contribution in [0.3, 0.4) is 0 Å². The zero-order chi connectivity index (χ0) is 14.7. The number of thiazole rings is 1. The molecular weight excluding hydrogens is 278 g/mol. The highest BCUT2D eigenvalue weighted by Gasteiger charge is 2.11. The Morgan fingerprint density at radius 1 is 1.45 bits per heavy atom. The monoisotopic (exact) mass is 293 g/mol. The van der Waals surface area contributed by atoms with Crippen LogP contribution in [-0.4, -0.2) is 15.4 Å². The van der Waals surface area contributed by atoms with E-state index in [2.05, 4.69) is 4.99 Å². The molecule has 7 heteroatoms. The summed E-state index contributed by atoms with van der Waals surface area (Å²) in [6.07, 6.45) is 1.17. The van der Waals surface area contributed by atoms with Gasteiger partial charge in [0, 0.05) is 25.1 Å². The number of aryl methyl sites for hydroxylation is 1. The molecule has 2 rings (SSSR count). The van der Waals surface area contributed by atoms with Crippen molar-refractivity contribution in [1.29, 1.82) is 0 Å². The van der Waals surface area contributed by atoms with Gasteiger partial charge in [-0.2, -0.15) is 4.99 Å². The van der Waals surface area contributed by atoms with E-state index in [4.69, 9.17) is 0 Å². The number of nitrogens with zero attached hydrogens (tertiary/aromatic N) is 3. The molecule has 1 aromatic heterocycles. The zero-order valence-electron chi connectivity index (χ0n) is 11.3. The molecule has 0 saturated heterocycles. The molecule has 0 saturated carbocycles. The van der Waals surface area contributed by atoms with Gasteiger partial charge in [0.1, 0.15) is 0 Å². The van der Waals surface area contributed by atoms with E-state index in [1.807, 2.05) is 18.4 Å². The molecule has 6 nitrogen and oxygen atoms in total. The number of amides is 1. The lowest BCUT2D eigenvalue weighted by Crippen LogP contribution is -2.15. The minimum absolute atomic E-state index is 0.0495. The van der Waals surface area contributed by atoms with Crippen molar-refractivity contribution in [3.8, 4) is 0 Å². The molecule has 1 aromatic carbocycles. The second-order valence-corrected chi connectivity index (χ2v) is 5.30. The van der Waals surface area contributed by atoms with E-state index < -0.39 is 4.92 Å². The van der Waals surface area contributed by atoms with Crippen LogP contribution >= 0.6 is 11.3 Å². The fourth-order valence-electron chi connectivity index (χ4n) is 1.94. The van der Waals surface area contributed by atoms with Gasteiger partial charge in [0.25, 0.3) is 5.69 Å². The Morgan fingerprint density at radius 2 is 2.20 bits per heavy atom. The molecule has 0 radical (unpaired) electrons. The van der Waals surface area contributed by atoms with Gasteiger partial charge >= 0.3 is 0 Å². The van der Waals surface area contributed by atoms with Crippen LogP contribution in [-0.2, 0) is 11.3 Å². The largest absolute Gasteiger partial charge is 0.317 e. The Labute approximate surface area is 119 Å². The number of non-ortho nitro benzene ring substituents is 1. The number of nitro benzene ring substituents is 1. The molecule has 2 aromatic rings. The fraction of sp³-hybridized carbons (Fsp3) is 0.385. The molecule has 0 aliphatic rings. The van der Waals surface area contributed by atoms with Crippen LogP contribution in [0.5, 0.6) is 0 Å². The summed E-state index contributed by atoms with van der Waals surface area (Å²) < 4.78 is 2.67. The van der Waals surface area contributed by atoms with E-state index in [1.165, 1.54) is 23.5 Å². The number of hydrogen-bond acceptors (Lipinski definition) is 4. The second kappa shape index (κ2) is 5.96. The third-order valence-corrected chi connectivity index (χ3v) is 3.92. The van der Waals surface area contributed by atoms with E-state index in [-0.39, 0.29) is 11.6 Å². The average molecular weight is 293 g/mol. The summed E-state index contributed by atoms with van der Waals surface area (Å²) in [7, 11) is 0. The number of hydrogen-bond donors (Lipinski definition) is 0. The smallest absolute Gasteiger partial charge is 0.270 e. The Kier molecular flexibility index (Phi) is 4.29. The maximum atomic E-state index is 11.7. The molecule has 20 heavy (non-hydrogen) atoms. The van der Waals surface area contributed by atoms with E-state index >= 15 is 0 Å². The molecule has 0 N–H and O–H groups in total. The van der Waals surface area contributed by atoms with Gasteiger partial charge in [-0.3, -0.25) is 14.9 Å². The summed E-state index contributed by atoms with van der Waals surface area (Å²) in [6, 6.07) is 4.70. The summed E-state index contributed by atoms with van der Waals surface area (Å²) in [5.41, 5.74) is 0.916. The van der Waals surface area contributed by atoms with Gasteiger partial charge in [-0.25, -0.2) is 0 Å². The van der Waals surface area contributed by atoms with E-state index in [0.29, 0.717) is 17.8 Å². The quantitative estimate of drug-likeness (QED) is 0.642. The summed E-state index contributed by atoms with van der Waals surface area (Å²) in [5, 5.41) is 10.8. The molecule has 106 valence electrons. The fourth-order valence-corrected chi connectivity index (χ4v) is 3.09. The molecule has 1 amide bonds. The van der Waals surface area contributed by atoms with E-state index in [0.717, 1.165) is 16.6 Å². The van der Waals surface area contributed by atoms with Gasteiger partial charge in [0.15, 0.2) is 4.80 Å². The summed E-state index contributed by atoms with van der Waals surface area (Å²) in [4.78, 5) is 26.7. The predicted molar refractivity (Wildman–Crippen MR) is 77.6 cm³/mol. The summed E-state index contributed by atoms with van der Waals surface area (Å²) >= 11 is 1.31. The molecule has 0 atom stereocenters. The minimum Gasteiger partial charge on any atom is -0.317 e. The highest BCUT2D eigenvalue weighted by atomic mass is 32.1. The molecule has 0 spiro atoms. The molecule has 0 bridgehead atoms. The Morgan fingerprint density at radius 3 is 2.80 bits per heavy atom. The van der Waals surface area contributed by atoms with Crippen LogP contribution in [0.1, 0.15) is 26.7 Å². The molecule has 1 heterocycles. The average Bonchev–Trinajstić information content (AvgIpc) is 2.74. The van der Waals surface area contributed by atoms with Gasteiger partial charge in [0.05, 0.1) is 15.1 Å². The SMILES string of the molecule is CCCC(=O)N=c1sc2cc([N+](=O)[O-])ccc2n1CC. The van der Waals surface area contributed by atoms with Crippen molar-refractivity contribution >= 4 is 33.1 Å². The standard InChI is InChI=1S/C13H15N3O3S/c1-3-5-12(17)14-13-15(4-2)10-7-6-9(16(18)19)8-11(10)20-13/h6-8H,3-5H2,1-2H3. The van der Waals surface area contributed by atoms with E-state index in [9.17, 15) is 14.9 Å². The van der Waals surface area contributed by atoms with Crippen molar-refractivity contribution in [3.63, 3.8) is 0 Å². The number of carbonyl (C=O) groups excluding carboxylic acids is 1. The van der Waals surface area contributed by atoms with Crippen molar-refractivity contribution in [3.05, 3.63) is 33.1 Å². The van der Waals surface area contributed by atoms with Gasteiger partial charge in [-0.1, -0.05) is 18.3 Å². The first-order valence-corrected chi connectivity index (χ1v) is 7.23. The number of benzene rings is 1. The van der Waals surface area contributed by atoms with Crippen LogP contribution in [0.25, 0.3) is 10.2 Å². The first-order valence-electron chi connectivity index (χ1n) is 6.42. The summed E-state index contributed by atoms with van der Waals surface area (Å²) in [6.45, 7) is 4.54. The number of aromatic nitrogens is 1. The second-order valence-electron chi connectivity index (χ2n) is 4.29. The van der Waals surface area contributed by atoms with E-state index in [1.54, 1.807) is 6.07 Å². The number of fused-ring (bicyclic) bond motifs is 1. The summed E-state index contributed by atoms with van der Waals surface area (Å²) in [5.74, 6) is -0.157. The lowest BCUT2D eigenvalue weighted by Gasteiger charge is -1.99. The number of carbonyl (C=O) groups is 1. The number of rotatable bonds is 4. The van der Waals surface area contributed by atoms with Gasteiger partial charge in [-0.15, -0.1) is 0 Å². The highest BCUT2D eigenvalue weighted by molar-refractivity contribution is 7.16. The maximum absolute atomic E-state index is 11.7. The third kappa shape index (κ3) is 2.77.